The van der Waals surface area contributed by atoms with Crippen molar-refractivity contribution in [2.75, 3.05) is 5.32 Å². The van der Waals surface area contributed by atoms with E-state index < -0.39 is 0 Å². The molecule has 1 N–H and O–H groups in total. The molecular weight excluding hydrogens is 350 g/mol. The van der Waals surface area contributed by atoms with E-state index in [0.29, 0.717) is 23.5 Å². The fourth-order valence-electron chi connectivity index (χ4n) is 3.14. The fourth-order valence-corrected chi connectivity index (χ4v) is 4.43. The zero-order valence-electron chi connectivity index (χ0n) is 15.5. The molecule has 0 unspecified atom stereocenters. The number of esters is 1. The zero-order valence-corrected chi connectivity index (χ0v) is 16.3. The highest BCUT2D eigenvalue weighted by atomic mass is 32.1. The van der Waals surface area contributed by atoms with Crippen molar-refractivity contribution in [3.63, 3.8) is 0 Å². The van der Waals surface area contributed by atoms with Crippen LogP contribution in [0.5, 0.6) is 0 Å². The molecule has 0 aromatic carbocycles. The molecule has 0 bridgehead atoms. The normalized spacial score (nSPS) is 13.5. The second-order valence-electron chi connectivity index (χ2n) is 6.95. The molecule has 0 radical (unpaired) electrons. The molecule has 1 amide bonds. The maximum absolute atomic E-state index is 12.6. The molecule has 6 nitrogen and oxygen atoms in total. The van der Waals surface area contributed by atoms with Crippen LogP contribution in [0.4, 0.5) is 5.00 Å². The van der Waals surface area contributed by atoms with Crippen LogP contribution < -0.4 is 5.32 Å². The first kappa shape index (κ1) is 18.6. The van der Waals surface area contributed by atoms with Crippen molar-refractivity contribution in [3.05, 3.63) is 34.0 Å². The summed E-state index contributed by atoms with van der Waals surface area (Å²) in [4.78, 5) is 26.2. The Labute approximate surface area is 157 Å². The topological polar surface area (TPSA) is 73.2 Å². The van der Waals surface area contributed by atoms with Gasteiger partial charge in [-0.25, -0.2) is 4.79 Å². The second kappa shape index (κ2) is 8.03. The van der Waals surface area contributed by atoms with Crippen LogP contribution >= 0.6 is 11.3 Å². The maximum Gasteiger partial charge on any atom is 0.341 e. The van der Waals surface area contributed by atoms with Gasteiger partial charge in [-0.2, -0.15) is 5.10 Å². The van der Waals surface area contributed by atoms with Crippen molar-refractivity contribution in [3.8, 4) is 0 Å². The van der Waals surface area contributed by atoms with E-state index in [0.717, 1.165) is 36.8 Å². The van der Waals surface area contributed by atoms with Gasteiger partial charge >= 0.3 is 5.97 Å². The molecule has 3 rings (SSSR count). The molecule has 0 saturated heterocycles. The summed E-state index contributed by atoms with van der Waals surface area (Å²) in [6, 6.07) is 0. The smallest absolute Gasteiger partial charge is 0.341 e. The fraction of sp³-hybridized carbons (Fsp3) is 0.526. The average molecular weight is 375 g/mol. The van der Waals surface area contributed by atoms with Crippen LogP contribution in [-0.2, 0) is 28.9 Å². The number of carbonyl (C=O) groups is 2. The average Bonchev–Trinajstić information content (AvgIpc) is 3.15. The number of fused-ring (bicyclic) bond motifs is 1. The highest BCUT2D eigenvalue weighted by Crippen LogP contribution is 2.38. The van der Waals surface area contributed by atoms with Crippen LogP contribution in [0.25, 0.3) is 0 Å². The SMILES string of the molecule is Cc1cnn(CCC(=O)Nc2sc3c(c2C(=O)OC(C)C)CCCC3)c1. The highest BCUT2D eigenvalue weighted by Gasteiger charge is 2.27. The Morgan fingerprint density at radius 2 is 2.12 bits per heavy atom. The van der Waals surface area contributed by atoms with Crippen LogP contribution in [0.15, 0.2) is 12.4 Å². The summed E-state index contributed by atoms with van der Waals surface area (Å²) in [5.74, 6) is -0.451. The van der Waals surface area contributed by atoms with Crippen molar-refractivity contribution in [1.82, 2.24) is 9.78 Å². The maximum atomic E-state index is 12.6. The van der Waals surface area contributed by atoms with Crippen molar-refractivity contribution >= 4 is 28.2 Å². The third-order valence-electron chi connectivity index (χ3n) is 4.30. The van der Waals surface area contributed by atoms with Crippen LogP contribution in [0.3, 0.4) is 0 Å². The molecule has 1 aliphatic rings. The number of hydrogen-bond acceptors (Lipinski definition) is 5. The summed E-state index contributed by atoms with van der Waals surface area (Å²) in [6.07, 6.45) is 7.82. The van der Waals surface area contributed by atoms with E-state index in [1.807, 2.05) is 27.0 Å². The number of nitrogens with zero attached hydrogens (tertiary/aromatic N) is 2. The second-order valence-corrected chi connectivity index (χ2v) is 8.05. The number of nitrogens with one attached hydrogen (secondary N) is 1. The Kier molecular flexibility index (Phi) is 5.76. The van der Waals surface area contributed by atoms with Gasteiger partial charge in [-0.3, -0.25) is 9.48 Å². The van der Waals surface area contributed by atoms with Crippen molar-refractivity contribution in [2.45, 2.75) is 65.5 Å². The third-order valence-corrected chi connectivity index (χ3v) is 5.51. The van der Waals surface area contributed by atoms with Gasteiger partial charge in [0, 0.05) is 24.0 Å². The van der Waals surface area contributed by atoms with E-state index in [-0.39, 0.29) is 18.0 Å². The lowest BCUT2D eigenvalue weighted by atomic mass is 9.95. The van der Waals surface area contributed by atoms with Crippen LogP contribution in [0.1, 0.15) is 59.5 Å². The van der Waals surface area contributed by atoms with Gasteiger partial charge in [-0.1, -0.05) is 0 Å². The number of thiophene rings is 1. The minimum atomic E-state index is -0.336. The number of carbonyl (C=O) groups excluding carboxylic acids is 2. The van der Waals surface area contributed by atoms with Gasteiger partial charge in [0.25, 0.3) is 0 Å². The number of anilines is 1. The molecule has 0 atom stereocenters. The van der Waals surface area contributed by atoms with Crippen molar-refractivity contribution in [1.29, 1.82) is 0 Å². The van der Waals surface area contributed by atoms with Gasteiger partial charge in [0.1, 0.15) is 5.00 Å². The van der Waals surface area contributed by atoms with Crippen LogP contribution in [0, 0.1) is 6.92 Å². The Hall–Kier alpha value is -2.15. The lowest BCUT2D eigenvalue weighted by Crippen LogP contribution is -2.18. The van der Waals surface area contributed by atoms with Gasteiger partial charge in [0.15, 0.2) is 0 Å². The molecule has 2 aromatic heterocycles. The van der Waals surface area contributed by atoms with Crippen molar-refractivity contribution in [2.24, 2.45) is 0 Å². The number of aryl methyl sites for hydroxylation is 3. The van der Waals surface area contributed by atoms with E-state index in [1.165, 1.54) is 16.2 Å². The molecule has 0 saturated carbocycles. The monoisotopic (exact) mass is 375 g/mol. The Morgan fingerprint density at radius 3 is 2.81 bits per heavy atom. The summed E-state index contributed by atoms with van der Waals surface area (Å²) >= 11 is 1.52. The van der Waals surface area contributed by atoms with Gasteiger partial charge in [0.2, 0.25) is 5.91 Å². The first-order valence-corrected chi connectivity index (χ1v) is 9.90. The Morgan fingerprint density at radius 1 is 1.35 bits per heavy atom. The standard InChI is InChI=1S/C19H25N3O3S/c1-12(2)25-19(24)17-14-6-4-5-7-15(14)26-18(17)21-16(23)8-9-22-11-13(3)10-20-22/h10-12H,4-9H2,1-3H3,(H,21,23). The predicted octanol–water partition coefficient (Wildman–Crippen LogP) is 3.73. The molecular formula is C19H25N3O3S. The largest absolute Gasteiger partial charge is 0.459 e. The van der Waals surface area contributed by atoms with E-state index in [4.69, 9.17) is 4.74 Å². The minimum Gasteiger partial charge on any atom is -0.459 e. The van der Waals surface area contributed by atoms with E-state index in [1.54, 1.807) is 10.9 Å². The quantitative estimate of drug-likeness (QED) is 0.781. The molecule has 0 spiro atoms. The number of hydrogen-bond donors (Lipinski definition) is 1. The predicted molar refractivity (Wildman–Crippen MR) is 102 cm³/mol. The lowest BCUT2D eigenvalue weighted by molar-refractivity contribution is -0.116. The molecule has 7 heteroatoms. The first-order valence-electron chi connectivity index (χ1n) is 9.08. The molecule has 2 heterocycles. The van der Waals surface area contributed by atoms with Gasteiger partial charge in [-0.05, 0) is 57.6 Å². The summed E-state index contributed by atoms with van der Waals surface area (Å²) in [5, 5.41) is 7.76. The van der Waals surface area contributed by atoms with E-state index >= 15 is 0 Å². The lowest BCUT2D eigenvalue weighted by Gasteiger charge is -2.14. The van der Waals surface area contributed by atoms with Crippen LogP contribution in [0.2, 0.25) is 0 Å². The highest BCUT2D eigenvalue weighted by molar-refractivity contribution is 7.17. The summed E-state index contributed by atoms with van der Waals surface area (Å²) in [7, 11) is 0. The molecule has 1 aliphatic carbocycles. The Bertz CT molecular complexity index is 807. The molecule has 0 fully saturated rings. The summed E-state index contributed by atoms with van der Waals surface area (Å²) < 4.78 is 7.17. The first-order chi connectivity index (χ1) is 12.4. The number of amides is 1. The van der Waals surface area contributed by atoms with Gasteiger partial charge in [-0.15, -0.1) is 11.3 Å². The van der Waals surface area contributed by atoms with E-state index in [2.05, 4.69) is 10.4 Å². The number of ether oxygens (including phenoxy) is 1. The molecule has 140 valence electrons. The van der Waals surface area contributed by atoms with Crippen molar-refractivity contribution < 1.29 is 14.3 Å². The molecule has 26 heavy (non-hydrogen) atoms. The van der Waals surface area contributed by atoms with Crippen LogP contribution in [-0.4, -0.2) is 27.8 Å². The number of rotatable bonds is 6. The molecule has 2 aromatic rings. The summed E-state index contributed by atoms with van der Waals surface area (Å²) in [6.45, 7) is 6.14. The number of aromatic nitrogens is 2. The van der Waals surface area contributed by atoms with Gasteiger partial charge < -0.3 is 10.1 Å². The third kappa shape index (κ3) is 4.33. The van der Waals surface area contributed by atoms with E-state index in [9.17, 15) is 9.59 Å². The Balaban J connectivity index is 1.74. The zero-order chi connectivity index (χ0) is 18.7. The minimum absolute atomic E-state index is 0.115. The molecule has 0 aliphatic heterocycles. The summed E-state index contributed by atoms with van der Waals surface area (Å²) in [5.41, 5.74) is 2.68. The van der Waals surface area contributed by atoms with Gasteiger partial charge in [0.05, 0.1) is 17.9 Å².